The topological polar surface area (TPSA) is 49.3 Å². The minimum absolute atomic E-state index is 0.0170. The van der Waals surface area contributed by atoms with Gasteiger partial charge in [-0.3, -0.25) is 4.79 Å². The number of aliphatic hydroxyl groups is 1. The maximum absolute atomic E-state index is 13.0. The molecule has 0 aliphatic rings. The van der Waals surface area contributed by atoms with E-state index in [0.29, 0.717) is 12.1 Å². The van der Waals surface area contributed by atoms with Crippen molar-refractivity contribution in [1.82, 2.24) is 5.32 Å². The lowest BCUT2D eigenvalue weighted by Crippen LogP contribution is -2.24. The smallest absolute Gasteiger partial charge is 0.224 e. The van der Waals surface area contributed by atoms with E-state index in [1.54, 1.807) is 18.2 Å². The molecule has 0 unspecified atom stereocenters. The highest BCUT2D eigenvalue weighted by atomic mass is 19.2. The molecule has 0 saturated carbocycles. The van der Waals surface area contributed by atoms with Crippen molar-refractivity contribution in [2.24, 2.45) is 0 Å². The van der Waals surface area contributed by atoms with Gasteiger partial charge in [0.1, 0.15) is 0 Å². The third-order valence-corrected chi connectivity index (χ3v) is 3.01. The second-order valence-electron chi connectivity index (χ2n) is 4.68. The fourth-order valence-corrected chi connectivity index (χ4v) is 1.94. The first kappa shape index (κ1) is 15.1. The Labute approximate surface area is 121 Å². The molecule has 0 fully saturated rings. The van der Waals surface area contributed by atoms with E-state index in [0.717, 1.165) is 23.3 Å². The van der Waals surface area contributed by atoms with E-state index in [2.05, 4.69) is 5.32 Å². The first-order chi connectivity index (χ1) is 10.1. The molecule has 21 heavy (non-hydrogen) atoms. The zero-order chi connectivity index (χ0) is 15.2. The van der Waals surface area contributed by atoms with Gasteiger partial charge in [0, 0.05) is 6.54 Å². The van der Waals surface area contributed by atoms with Gasteiger partial charge in [-0.2, -0.15) is 0 Å². The first-order valence-corrected chi connectivity index (χ1v) is 6.48. The number of hydrogen-bond donors (Lipinski definition) is 2. The van der Waals surface area contributed by atoms with Crippen molar-refractivity contribution in [3.8, 4) is 0 Å². The summed E-state index contributed by atoms with van der Waals surface area (Å²) >= 11 is 0. The Morgan fingerprint density at radius 1 is 1.00 bits per heavy atom. The van der Waals surface area contributed by atoms with Gasteiger partial charge in [-0.25, -0.2) is 8.78 Å². The van der Waals surface area contributed by atoms with Gasteiger partial charge < -0.3 is 10.4 Å². The van der Waals surface area contributed by atoms with Crippen LogP contribution in [-0.4, -0.2) is 11.0 Å². The van der Waals surface area contributed by atoms with E-state index in [1.807, 2.05) is 6.07 Å². The fourth-order valence-electron chi connectivity index (χ4n) is 1.94. The molecule has 1 amide bonds. The van der Waals surface area contributed by atoms with Crippen LogP contribution in [0.4, 0.5) is 8.78 Å². The summed E-state index contributed by atoms with van der Waals surface area (Å²) in [6.45, 7) is 0.257. The second kappa shape index (κ2) is 6.95. The average Bonchev–Trinajstić information content (AvgIpc) is 2.49. The summed E-state index contributed by atoms with van der Waals surface area (Å²) in [5, 5.41) is 11.7. The monoisotopic (exact) mass is 291 g/mol. The summed E-state index contributed by atoms with van der Waals surface area (Å²) < 4.78 is 25.8. The number of hydrogen-bond acceptors (Lipinski definition) is 2. The van der Waals surface area contributed by atoms with E-state index >= 15 is 0 Å². The van der Waals surface area contributed by atoms with Crippen molar-refractivity contribution in [3.63, 3.8) is 0 Å². The lowest BCUT2D eigenvalue weighted by molar-refractivity contribution is -0.120. The zero-order valence-electron chi connectivity index (χ0n) is 11.3. The normalized spacial score (nSPS) is 10.4. The molecule has 5 heteroatoms. The number of carbonyl (C=O) groups is 1. The van der Waals surface area contributed by atoms with Gasteiger partial charge in [-0.05, 0) is 28.8 Å². The Morgan fingerprint density at radius 2 is 1.76 bits per heavy atom. The summed E-state index contributed by atoms with van der Waals surface area (Å²) in [5.74, 6) is -2.17. The van der Waals surface area contributed by atoms with E-state index in [4.69, 9.17) is 5.11 Å². The van der Waals surface area contributed by atoms with Crippen LogP contribution in [0.25, 0.3) is 0 Å². The summed E-state index contributed by atoms with van der Waals surface area (Å²) in [6, 6.07) is 10.6. The van der Waals surface area contributed by atoms with Crippen molar-refractivity contribution in [3.05, 3.63) is 70.8 Å². The molecule has 0 saturated heterocycles. The van der Waals surface area contributed by atoms with Crippen LogP contribution in [-0.2, 0) is 24.4 Å². The minimum Gasteiger partial charge on any atom is -0.392 e. The molecule has 0 atom stereocenters. The van der Waals surface area contributed by atoms with Gasteiger partial charge in [0.05, 0.1) is 13.0 Å². The highest BCUT2D eigenvalue weighted by Crippen LogP contribution is 2.09. The Kier molecular flexibility index (Phi) is 5.00. The third-order valence-electron chi connectivity index (χ3n) is 3.01. The van der Waals surface area contributed by atoms with Gasteiger partial charge in [-0.15, -0.1) is 0 Å². The summed E-state index contributed by atoms with van der Waals surface area (Å²) in [6.07, 6.45) is -0.0170. The number of carbonyl (C=O) groups excluding carboxylic acids is 1. The van der Waals surface area contributed by atoms with Crippen molar-refractivity contribution < 1.29 is 18.7 Å². The molecular weight excluding hydrogens is 276 g/mol. The molecule has 0 aliphatic heterocycles. The minimum atomic E-state index is -0.962. The van der Waals surface area contributed by atoms with Crippen molar-refractivity contribution in [2.75, 3.05) is 0 Å². The van der Waals surface area contributed by atoms with E-state index in [-0.39, 0.29) is 18.9 Å². The molecule has 2 rings (SSSR count). The van der Waals surface area contributed by atoms with Crippen LogP contribution in [0.1, 0.15) is 16.7 Å². The third kappa shape index (κ3) is 4.36. The molecule has 0 radical (unpaired) electrons. The number of amides is 1. The van der Waals surface area contributed by atoms with Gasteiger partial charge in [0.25, 0.3) is 0 Å². The molecule has 3 nitrogen and oxygen atoms in total. The Hall–Kier alpha value is -2.27. The molecule has 0 bridgehead atoms. The number of rotatable bonds is 5. The van der Waals surface area contributed by atoms with Gasteiger partial charge in [-0.1, -0.05) is 30.3 Å². The van der Waals surface area contributed by atoms with Crippen LogP contribution >= 0.6 is 0 Å². The largest absolute Gasteiger partial charge is 0.392 e. The molecule has 0 heterocycles. The quantitative estimate of drug-likeness (QED) is 0.888. The summed E-state index contributed by atoms with van der Waals surface area (Å²) in [5.41, 5.74) is 2.04. The maximum Gasteiger partial charge on any atom is 0.224 e. The Balaban J connectivity index is 1.91. The Morgan fingerprint density at radius 3 is 2.48 bits per heavy atom. The second-order valence-corrected chi connectivity index (χ2v) is 4.68. The van der Waals surface area contributed by atoms with Gasteiger partial charge in [0.2, 0.25) is 5.91 Å². The number of nitrogens with one attached hydrogen (secondary N) is 1. The van der Waals surface area contributed by atoms with Crippen LogP contribution in [0.5, 0.6) is 0 Å². The molecule has 2 aromatic rings. The molecule has 0 aliphatic carbocycles. The standard InChI is InChI=1S/C16H15F2NO2/c17-14-5-4-11(7-15(14)18)8-16(21)19-9-12-2-1-3-13(6-12)10-20/h1-7,20H,8-10H2,(H,19,21). The van der Waals surface area contributed by atoms with Crippen LogP contribution in [0, 0.1) is 11.6 Å². The maximum atomic E-state index is 13.0. The van der Waals surface area contributed by atoms with Crippen LogP contribution in [0.3, 0.4) is 0 Å². The van der Waals surface area contributed by atoms with Crippen molar-refractivity contribution in [2.45, 2.75) is 19.6 Å². The van der Waals surface area contributed by atoms with E-state index in [9.17, 15) is 13.6 Å². The van der Waals surface area contributed by atoms with Crippen LogP contribution in [0.2, 0.25) is 0 Å². The SMILES string of the molecule is O=C(Cc1ccc(F)c(F)c1)NCc1cccc(CO)c1. The molecule has 110 valence electrons. The molecule has 0 aromatic heterocycles. The first-order valence-electron chi connectivity index (χ1n) is 6.48. The predicted octanol–water partition coefficient (Wildman–Crippen LogP) is 2.32. The fraction of sp³-hybridized carbons (Fsp3) is 0.188. The van der Waals surface area contributed by atoms with Crippen molar-refractivity contribution in [1.29, 1.82) is 0 Å². The van der Waals surface area contributed by atoms with Gasteiger partial charge in [0.15, 0.2) is 11.6 Å². The van der Waals surface area contributed by atoms with Gasteiger partial charge >= 0.3 is 0 Å². The van der Waals surface area contributed by atoms with E-state index < -0.39 is 11.6 Å². The number of benzene rings is 2. The highest BCUT2D eigenvalue weighted by Gasteiger charge is 2.07. The van der Waals surface area contributed by atoms with Crippen LogP contribution in [0.15, 0.2) is 42.5 Å². The molecular formula is C16H15F2NO2. The highest BCUT2D eigenvalue weighted by molar-refractivity contribution is 5.78. The number of aliphatic hydroxyl groups excluding tert-OH is 1. The lowest BCUT2D eigenvalue weighted by Gasteiger charge is -2.07. The molecule has 2 aromatic carbocycles. The molecule has 2 N–H and O–H groups in total. The summed E-state index contributed by atoms with van der Waals surface area (Å²) in [7, 11) is 0. The van der Waals surface area contributed by atoms with Crippen molar-refractivity contribution >= 4 is 5.91 Å². The molecule has 0 spiro atoms. The predicted molar refractivity (Wildman–Crippen MR) is 74.3 cm³/mol. The summed E-state index contributed by atoms with van der Waals surface area (Å²) in [4.78, 5) is 11.8. The lowest BCUT2D eigenvalue weighted by atomic mass is 10.1. The average molecular weight is 291 g/mol. The number of halogens is 2. The van der Waals surface area contributed by atoms with E-state index in [1.165, 1.54) is 6.07 Å². The van der Waals surface area contributed by atoms with Crippen LogP contribution < -0.4 is 5.32 Å². The Bertz CT molecular complexity index is 644. The zero-order valence-corrected chi connectivity index (χ0v) is 11.3.